The van der Waals surface area contributed by atoms with Gasteiger partial charge < -0.3 is 15.7 Å². The number of aliphatic hydroxyl groups is 1. The Hall–Kier alpha value is -4.57. The van der Waals surface area contributed by atoms with Crippen LogP contribution < -0.4 is 10.6 Å². The number of benzene rings is 4. The van der Waals surface area contributed by atoms with Gasteiger partial charge in [-0.2, -0.15) is 13.2 Å². The van der Waals surface area contributed by atoms with E-state index in [1.807, 2.05) is 12.1 Å². The summed E-state index contributed by atoms with van der Waals surface area (Å²) in [6.07, 6.45) is -4.67. The topological polar surface area (TPSA) is 73.7 Å². The molecule has 0 unspecified atom stereocenters. The lowest BCUT2D eigenvalue weighted by atomic mass is 9.97. The Kier molecular flexibility index (Phi) is 8.59. The number of rotatable bonds is 7. The van der Waals surface area contributed by atoms with Gasteiger partial charge in [0.05, 0.1) is 29.1 Å². The lowest BCUT2D eigenvalue weighted by molar-refractivity contribution is -0.137. The molecule has 0 saturated heterocycles. The second-order valence-electron chi connectivity index (χ2n) is 10.3. The summed E-state index contributed by atoms with van der Waals surface area (Å²) in [5, 5.41) is 16.6. The van der Waals surface area contributed by atoms with Gasteiger partial charge in [-0.25, -0.2) is 8.78 Å². The van der Waals surface area contributed by atoms with Crippen molar-refractivity contribution in [2.24, 2.45) is 4.99 Å². The standard InChI is InChI=1S/C33H28F5N3O2/c1-19(39-15-14-20-6-10-23(34)11-7-20)40-24-12-8-22-17-30(42)31(27(22)18-24)41-32(43)26-13-9-21(16-29(26)35)25-4-2-3-5-28(25)33(36,37)38/h2-13,16,18,30-31,42H,14-15,17H2,1H3,(H,39,40)(H,41,43)/t30-,31-/m1/s1. The molecule has 0 bridgehead atoms. The minimum Gasteiger partial charge on any atom is -0.390 e. The lowest BCUT2D eigenvalue weighted by Crippen LogP contribution is -2.34. The van der Waals surface area contributed by atoms with Gasteiger partial charge in [-0.05, 0) is 83.6 Å². The van der Waals surface area contributed by atoms with Crippen LogP contribution in [0.15, 0.2) is 89.9 Å². The number of nitrogens with one attached hydrogen (secondary N) is 2. The van der Waals surface area contributed by atoms with E-state index < -0.39 is 35.6 Å². The van der Waals surface area contributed by atoms with Crippen LogP contribution in [0.3, 0.4) is 0 Å². The third-order valence-corrected chi connectivity index (χ3v) is 7.33. The maximum absolute atomic E-state index is 15.1. The summed E-state index contributed by atoms with van der Waals surface area (Å²) < 4.78 is 68.5. The first-order valence-corrected chi connectivity index (χ1v) is 13.6. The van der Waals surface area contributed by atoms with Crippen LogP contribution in [-0.4, -0.2) is 29.5 Å². The summed E-state index contributed by atoms with van der Waals surface area (Å²) in [5.74, 6) is -1.45. The quantitative estimate of drug-likeness (QED) is 0.122. The number of nitrogens with zero attached hydrogens (tertiary/aromatic N) is 1. The molecule has 3 N–H and O–H groups in total. The smallest absolute Gasteiger partial charge is 0.390 e. The van der Waals surface area contributed by atoms with Gasteiger partial charge in [0.25, 0.3) is 5.91 Å². The molecule has 4 aromatic carbocycles. The van der Waals surface area contributed by atoms with E-state index in [9.17, 15) is 27.5 Å². The summed E-state index contributed by atoms with van der Waals surface area (Å²) in [4.78, 5) is 17.6. The Balaban J connectivity index is 1.28. The summed E-state index contributed by atoms with van der Waals surface area (Å²) in [5.41, 5.74) is 1.63. The molecule has 5 nitrogen and oxygen atoms in total. The Morgan fingerprint density at radius 3 is 2.44 bits per heavy atom. The molecule has 0 fully saturated rings. The zero-order valence-corrected chi connectivity index (χ0v) is 23.1. The number of carbonyl (C=O) groups excluding carboxylic acids is 1. The van der Waals surface area contributed by atoms with Crippen LogP contribution in [0.5, 0.6) is 0 Å². The van der Waals surface area contributed by atoms with Gasteiger partial charge in [-0.1, -0.05) is 42.5 Å². The summed E-state index contributed by atoms with van der Waals surface area (Å²) >= 11 is 0. The molecule has 222 valence electrons. The first kappa shape index (κ1) is 29.9. The fourth-order valence-corrected chi connectivity index (χ4v) is 5.19. The van der Waals surface area contributed by atoms with E-state index >= 15 is 4.39 Å². The number of aliphatic imine (C=N–C) groups is 1. The molecule has 0 saturated carbocycles. The van der Waals surface area contributed by atoms with Crippen molar-refractivity contribution in [1.82, 2.24) is 5.32 Å². The van der Waals surface area contributed by atoms with E-state index in [0.717, 1.165) is 29.3 Å². The number of amidine groups is 1. The minimum atomic E-state index is -4.63. The van der Waals surface area contributed by atoms with Crippen LogP contribution in [-0.2, 0) is 19.0 Å². The molecule has 0 heterocycles. The summed E-state index contributed by atoms with van der Waals surface area (Å²) in [6, 6.07) is 19.0. The normalized spacial score (nSPS) is 16.6. The van der Waals surface area contributed by atoms with Crippen LogP contribution in [0.1, 0.15) is 45.6 Å². The first-order valence-electron chi connectivity index (χ1n) is 13.6. The number of halogens is 5. The summed E-state index contributed by atoms with van der Waals surface area (Å²) in [6.45, 7) is 2.28. The van der Waals surface area contributed by atoms with Crippen molar-refractivity contribution < 1.29 is 31.9 Å². The highest BCUT2D eigenvalue weighted by Crippen LogP contribution is 2.38. The highest BCUT2D eigenvalue weighted by atomic mass is 19.4. The average Bonchev–Trinajstić information content (AvgIpc) is 3.27. The van der Waals surface area contributed by atoms with Gasteiger partial charge in [-0.15, -0.1) is 0 Å². The fraction of sp³-hybridized carbons (Fsp3) is 0.212. The van der Waals surface area contributed by atoms with Gasteiger partial charge in [0.1, 0.15) is 11.6 Å². The number of alkyl halides is 3. The molecule has 4 aromatic rings. The Labute approximate surface area is 245 Å². The molecule has 1 amide bonds. The van der Waals surface area contributed by atoms with Gasteiger partial charge in [0.2, 0.25) is 0 Å². The molecule has 2 atom stereocenters. The van der Waals surface area contributed by atoms with Gasteiger partial charge >= 0.3 is 6.18 Å². The zero-order valence-electron chi connectivity index (χ0n) is 23.1. The molecule has 0 radical (unpaired) electrons. The van der Waals surface area contributed by atoms with Crippen LogP contribution in [0.25, 0.3) is 11.1 Å². The van der Waals surface area contributed by atoms with Crippen LogP contribution in [0.4, 0.5) is 27.6 Å². The second-order valence-corrected chi connectivity index (χ2v) is 10.3. The number of aliphatic hydroxyl groups excluding tert-OH is 1. The molecule has 0 aliphatic heterocycles. The molecule has 5 rings (SSSR count). The van der Waals surface area contributed by atoms with E-state index in [1.165, 1.54) is 36.4 Å². The molecule has 1 aliphatic rings. The van der Waals surface area contributed by atoms with E-state index in [1.54, 1.807) is 25.1 Å². The van der Waals surface area contributed by atoms with Crippen molar-refractivity contribution in [3.63, 3.8) is 0 Å². The van der Waals surface area contributed by atoms with Crippen molar-refractivity contribution >= 4 is 17.4 Å². The monoisotopic (exact) mass is 593 g/mol. The molecular weight excluding hydrogens is 565 g/mol. The number of anilines is 1. The number of amides is 1. The molecule has 0 spiro atoms. The predicted octanol–water partition coefficient (Wildman–Crippen LogP) is 7.11. The zero-order chi connectivity index (χ0) is 30.7. The van der Waals surface area contributed by atoms with Crippen LogP contribution in [0.2, 0.25) is 0 Å². The Morgan fingerprint density at radius 1 is 0.977 bits per heavy atom. The number of carbonyl (C=O) groups is 1. The van der Waals surface area contributed by atoms with Crippen molar-refractivity contribution in [3.05, 3.63) is 124 Å². The second kappa shape index (κ2) is 12.3. The summed E-state index contributed by atoms with van der Waals surface area (Å²) in [7, 11) is 0. The Bertz CT molecular complexity index is 1670. The van der Waals surface area contributed by atoms with E-state index in [-0.39, 0.29) is 28.9 Å². The van der Waals surface area contributed by atoms with Crippen LogP contribution >= 0.6 is 0 Å². The Morgan fingerprint density at radius 2 is 1.72 bits per heavy atom. The maximum atomic E-state index is 15.1. The molecule has 43 heavy (non-hydrogen) atoms. The number of fused-ring (bicyclic) bond motifs is 1. The van der Waals surface area contributed by atoms with Crippen molar-refractivity contribution in [1.29, 1.82) is 0 Å². The van der Waals surface area contributed by atoms with Gasteiger partial charge in [0.15, 0.2) is 0 Å². The third-order valence-electron chi connectivity index (χ3n) is 7.33. The van der Waals surface area contributed by atoms with E-state index in [0.29, 0.717) is 30.1 Å². The third kappa shape index (κ3) is 6.91. The van der Waals surface area contributed by atoms with Gasteiger partial charge in [-0.3, -0.25) is 9.79 Å². The minimum absolute atomic E-state index is 0.0152. The molecule has 1 aliphatic carbocycles. The van der Waals surface area contributed by atoms with Crippen LogP contribution in [0, 0.1) is 11.6 Å². The lowest BCUT2D eigenvalue weighted by Gasteiger charge is -2.19. The molecule has 10 heteroatoms. The van der Waals surface area contributed by atoms with E-state index in [4.69, 9.17) is 0 Å². The number of hydrogen-bond donors (Lipinski definition) is 3. The van der Waals surface area contributed by atoms with Crippen molar-refractivity contribution in [2.45, 2.75) is 38.1 Å². The highest BCUT2D eigenvalue weighted by molar-refractivity contribution is 5.96. The average molecular weight is 594 g/mol. The molecular formula is C33H28F5N3O2. The highest BCUT2D eigenvalue weighted by Gasteiger charge is 2.35. The SMILES string of the molecule is CC(=NCCc1ccc(F)cc1)Nc1ccc2c(c1)[C@@H](NC(=O)c1ccc(-c3ccccc3C(F)(F)F)cc1F)[C@H](O)C2. The predicted molar refractivity (Wildman–Crippen MR) is 155 cm³/mol. The fourth-order valence-electron chi connectivity index (χ4n) is 5.19. The van der Waals surface area contributed by atoms with Gasteiger partial charge in [0, 0.05) is 18.7 Å². The largest absolute Gasteiger partial charge is 0.417 e. The maximum Gasteiger partial charge on any atom is 0.417 e. The number of hydrogen-bond acceptors (Lipinski definition) is 3. The first-order chi connectivity index (χ1) is 20.5. The van der Waals surface area contributed by atoms with E-state index in [2.05, 4.69) is 15.6 Å². The molecule has 0 aromatic heterocycles. The van der Waals surface area contributed by atoms with Crippen molar-refractivity contribution in [2.75, 3.05) is 11.9 Å². The van der Waals surface area contributed by atoms with Crippen molar-refractivity contribution in [3.8, 4) is 11.1 Å².